The molecule has 0 fully saturated rings. The molecule has 0 bridgehead atoms. The summed E-state index contributed by atoms with van der Waals surface area (Å²) < 4.78 is 0. The van der Waals surface area contributed by atoms with Crippen LogP contribution in [-0.2, 0) is 0 Å². The number of fused-ring (bicyclic) bond motifs is 1. The van der Waals surface area contributed by atoms with Gasteiger partial charge in [0.1, 0.15) is 0 Å². The van der Waals surface area contributed by atoms with Crippen LogP contribution in [0.3, 0.4) is 0 Å². The molecule has 2 aliphatic carbocycles. The van der Waals surface area contributed by atoms with Crippen LogP contribution in [0.1, 0.15) is 0 Å². The van der Waals surface area contributed by atoms with E-state index in [4.69, 9.17) is 0 Å². The van der Waals surface area contributed by atoms with Crippen LogP contribution in [0.2, 0.25) is 0 Å². The third-order valence-corrected chi connectivity index (χ3v) is 1.59. The molecule has 0 aromatic heterocycles. The Bertz CT molecular complexity index is 367. The Kier molecular flexibility index (Phi) is 0.822. The van der Waals surface area contributed by atoms with Crippen LogP contribution in [0.15, 0.2) is 33.9 Å². The third-order valence-electron chi connectivity index (χ3n) is 1.59. The van der Waals surface area contributed by atoms with E-state index in [1.807, 2.05) is 12.1 Å². The molecule has 48 valence electrons. The van der Waals surface area contributed by atoms with Crippen LogP contribution in [0.5, 0.6) is 0 Å². The summed E-state index contributed by atoms with van der Waals surface area (Å²) in [5.74, 6) is 0. The zero-order chi connectivity index (χ0) is 7.14. The third kappa shape index (κ3) is 0.530. The summed E-state index contributed by atoms with van der Waals surface area (Å²) in [6.07, 6.45) is 0. The van der Waals surface area contributed by atoms with Crippen LogP contribution in [0.25, 0.3) is 11.1 Å². The van der Waals surface area contributed by atoms with Gasteiger partial charge in [-0.3, -0.25) is 9.59 Å². The van der Waals surface area contributed by atoms with E-state index >= 15 is 0 Å². The predicted molar refractivity (Wildman–Crippen MR) is 38.0 cm³/mol. The first kappa shape index (κ1) is 5.35. The lowest BCUT2D eigenvalue weighted by atomic mass is 9.99. The molecule has 0 heterocycles. The quantitative estimate of drug-likeness (QED) is 0.486. The Labute approximate surface area is 56.8 Å². The molecule has 2 aliphatic rings. The van der Waals surface area contributed by atoms with Gasteiger partial charge in [0, 0.05) is 0 Å². The van der Waals surface area contributed by atoms with Gasteiger partial charge in [0.25, 0.3) is 0 Å². The fourth-order valence-electron chi connectivity index (χ4n) is 0.963. The van der Waals surface area contributed by atoms with E-state index in [1.165, 1.54) is 12.1 Å². The largest absolute Gasteiger partial charge is 0.286 e. The summed E-state index contributed by atoms with van der Waals surface area (Å²) >= 11 is 0. The Morgan fingerprint density at radius 3 is 1.50 bits per heavy atom. The molecule has 0 aromatic carbocycles. The van der Waals surface area contributed by atoms with Crippen LogP contribution < -0.4 is 10.9 Å². The summed E-state index contributed by atoms with van der Waals surface area (Å²) in [5.41, 5.74) is 0.931. The first-order valence-corrected chi connectivity index (χ1v) is 2.97. The van der Waals surface area contributed by atoms with Gasteiger partial charge < -0.3 is 0 Å². The molecular weight excluding hydrogens is 128 g/mol. The molecule has 0 amide bonds. The molecule has 0 radical (unpaired) electrons. The van der Waals surface area contributed by atoms with Crippen LogP contribution in [0.4, 0.5) is 0 Å². The lowest BCUT2D eigenvalue weighted by Crippen LogP contribution is -2.22. The van der Waals surface area contributed by atoms with Crippen molar-refractivity contribution in [2.45, 2.75) is 0 Å². The highest BCUT2D eigenvalue weighted by molar-refractivity contribution is 5.69. The summed E-state index contributed by atoms with van der Waals surface area (Å²) in [5, 5.41) is 0. The van der Waals surface area contributed by atoms with Gasteiger partial charge in [0.15, 0.2) is 0 Å². The van der Waals surface area contributed by atoms with Gasteiger partial charge in [0.2, 0.25) is 10.9 Å². The number of rotatable bonds is 0. The molecule has 0 saturated carbocycles. The molecule has 0 spiro atoms. The second-order valence-corrected chi connectivity index (χ2v) is 2.26. The van der Waals surface area contributed by atoms with E-state index < -0.39 is 10.9 Å². The first-order chi connectivity index (χ1) is 4.77. The SMILES string of the molecule is O=c1cc2ccc-2cc1=O. The Morgan fingerprint density at radius 1 is 0.800 bits per heavy atom. The highest BCUT2D eigenvalue weighted by Gasteiger charge is 2.06. The molecule has 0 aliphatic heterocycles. The lowest BCUT2D eigenvalue weighted by molar-refractivity contribution is 1.44. The van der Waals surface area contributed by atoms with Gasteiger partial charge in [-0.15, -0.1) is 0 Å². The first-order valence-electron chi connectivity index (χ1n) is 2.97. The molecule has 2 heteroatoms. The fraction of sp³-hybridized carbons (Fsp3) is 0. The van der Waals surface area contributed by atoms with Crippen molar-refractivity contribution in [1.82, 2.24) is 0 Å². The topological polar surface area (TPSA) is 34.1 Å². The normalized spacial score (nSPS) is 10.8. The van der Waals surface area contributed by atoms with Crippen molar-refractivity contribution in [1.29, 1.82) is 0 Å². The summed E-state index contributed by atoms with van der Waals surface area (Å²) in [6.45, 7) is 0. The van der Waals surface area contributed by atoms with Gasteiger partial charge in [-0.1, -0.05) is 12.1 Å². The minimum absolute atomic E-state index is 0.414. The van der Waals surface area contributed by atoms with Crippen molar-refractivity contribution in [2.75, 3.05) is 0 Å². The zero-order valence-electron chi connectivity index (χ0n) is 5.13. The number of benzene rings is 1. The zero-order valence-corrected chi connectivity index (χ0v) is 5.13. The standard InChI is InChI=1S/C8H4O2/c9-7-3-5-1-2-6(5)4-8(7)10/h1-4H. The molecule has 0 unspecified atom stereocenters. The smallest absolute Gasteiger partial charge is 0.226 e. The van der Waals surface area contributed by atoms with E-state index in [1.54, 1.807) is 0 Å². The van der Waals surface area contributed by atoms with Crippen molar-refractivity contribution >= 4 is 0 Å². The predicted octanol–water partition coefficient (Wildman–Crippen LogP) is 0.387. The number of hydrogen-bond acceptors (Lipinski definition) is 2. The molecule has 0 aromatic rings. The molecule has 10 heavy (non-hydrogen) atoms. The van der Waals surface area contributed by atoms with Crippen molar-refractivity contribution in [3.05, 3.63) is 44.7 Å². The maximum Gasteiger partial charge on any atom is 0.226 e. The molecular formula is C8H4O2. The lowest BCUT2D eigenvalue weighted by Gasteiger charge is -2.04. The number of hydrogen-bond donors (Lipinski definition) is 0. The second kappa shape index (κ2) is 1.53. The van der Waals surface area contributed by atoms with Gasteiger partial charge in [-0.25, -0.2) is 0 Å². The average molecular weight is 132 g/mol. The average Bonchev–Trinajstić information content (AvgIpc) is 1.89. The molecule has 0 atom stereocenters. The van der Waals surface area contributed by atoms with Crippen molar-refractivity contribution in [2.24, 2.45) is 0 Å². The van der Waals surface area contributed by atoms with E-state index in [0.29, 0.717) is 0 Å². The van der Waals surface area contributed by atoms with Crippen LogP contribution in [0, 0.1) is 0 Å². The monoisotopic (exact) mass is 132 g/mol. The van der Waals surface area contributed by atoms with Crippen LogP contribution in [-0.4, -0.2) is 0 Å². The van der Waals surface area contributed by atoms with Crippen molar-refractivity contribution in [3.63, 3.8) is 0 Å². The summed E-state index contributed by atoms with van der Waals surface area (Å²) in [4.78, 5) is 21.4. The Balaban J connectivity index is 2.98. The molecule has 2 rings (SSSR count). The van der Waals surface area contributed by atoms with Crippen LogP contribution >= 0.6 is 0 Å². The second-order valence-electron chi connectivity index (χ2n) is 2.26. The minimum atomic E-state index is -0.414. The van der Waals surface area contributed by atoms with Gasteiger partial charge in [-0.2, -0.15) is 0 Å². The van der Waals surface area contributed by atoms with Crippen molar-refractivity contribution < 1.29 is 0 Å². The summed E-state index contributed by atoms with van der Waals surface area (Å²) in [7, 11) is 0. The van der Waals surface area contributed by atoms with E-state index in [2.05, 4.69) is 0 Å². The minimum Gasteiger partial charge on any atom is -0.286 e. The Hall–Kier alpha value is -1.44. The molecule has 0 saturated heterocycles. The van der Waals surface area contributed by atoms with Gasteiger partial charge in [0.05, 0.1) is 0 Å². The maximum atomic E-state index is 10.7. The molecule has 2 nitrogen and oxygen atoms in total. The Morgan fingerprint density at radius 2 is 1.20 bits per heavy atom. The van der Waals surface area contributed by atoms with Gasteiger partial charge in [-0.05, 0) is 23.3 Å². The molecule has 0 N–H and O–H groups in total. The van der Waals surface area contributed by atoms with Gasteiger partial charge >= 0.3 is 0 Å². The van der Waals surface area contributed by atoms with Crippen molar-refractivity contribution in [3.8, 4) is 11.1 Å². The fourth-order valence-corrected chi connectivity index (χ4v) is 0.963. The van der Waals surface area contributed by atoms with E-state index in [-0.39, 0.29) is 0 Å². The maximum absolute atomic E-state index is 10.7. The summed E-state index contributed by atoms with van der Waals surface area (Å²) in [6, 6.07) is 6.38. The highest BCUT2D eigenvalue weighted by atomic mass is 16.2. The van der Waals surface area contributed by atoms with E-state index in [9.17, 15) is 9.59 Å². The highest BCUT2D eigenvalue weighted by Crippen LogP contribution is 2.21. The van der Waals surface area contributed by atoms with E-state index in [0.717, 1.165) is 11.1 Å².